The third-order valence-electron chi connectivity index (χ3n) is 2.94. The Bertz CT molecular complexity index is 390. The minimum Gasteiger partial charge on any atom is -0.399 e. The number of nitrogen functional groups attached to an aromatic ring is 1. The molecule has 0 spiro atoms. The normalized spacial score (nSPS) is 11.0. The third kappa shape index (κ3) is 5.72. The molecule has 0 saturated heterocycles. The number of anilines is 2. The van der Waals surface area contributed by atoms with Crippen LogP contribution in [0.1, 0.15) is 20.3 Å². The fourth-order valence-electron chi connectivity index (χ4n) is 1.79. The summed E-state index contributed by atoms with van der Waals surface area (Å²) in [6.07, 6.45) is 0.405. The van der Waals surface area contributed by atoms with Gasteiger partial charge in [0, 0.05) is 36.9 Å². The number of hydrogen-bond acceptors (Lipinski definition) is 4. The van der Waals surface area contributed by atoms with Gasteiger partial charge in [0.2, 0.25) is 5.91 Å². The van der Waals surface area contributed by atoms with Gasteiger partial charge in [0.1, 0.15) is 0 Å². The lowest BCUT2D eigenvalue weighted by atomic mass is 10.2. The van der Waals surface area contributed by atoms with Crippen LogP contribution < -0.4 is 11.1 Å². The molecule has 0 aromatic heterocycles. The Balaban J connectivity index is 2.40. The molecule has 0 aliphatic heterocycles. The molecule has 0 heterocycles. The second-order valence-corrected chi connectivity index (χ2v) is 4.77. The molecule has 1 aromatic carbocycles. The van der Waals surface area contributed by atoms with Crippen LogP contribution in [0.4, 0.5) is 11.4 Å². The highest BCUT2D eigenvalue weighted by Gasteiger charge is 2.11. The number of nitrogens with one attached hydrogen (secondary N) is 1. The summed E-state index contributed by atoms with van der Waals surface area (Å²) in [6.45, 7) is 5.44. The fraction of sp³-hybridized carbons (Fsp3) is 0.500. The Morgan fingerprint density at radius 1 is 1.32 bits per heavy atom. The van der Waals surface area contributed by atoms with Crippen molar-refractivity contribution < 1.29 is 9.90 Å². The van der Waals surface area contributed by atoms with Gasteiger partial charge in [-0.2, -0.15) is 0 Å². The second-order valence-electron chi connectivity index (χ2n) is 4.77. The first-order valence-electron chi connectivity index (χ1n) is 6.53. The lowest BCUT2D eigenvalue weighted by Gasteiger charge is -2.25. The molecule has 0 saturated carbocycles. The van der Waals surface area contributed by atoms with Crippen molar-refractivity contribution in [1.82, 2.24) is 4.90 Å². The van der Waals surface area contributed by atoms with Crippen molar-refractivity contribution in [2.24, 2.45) is 0 Å². The molecule has 5 heteroatoms. The van der Waals surface area contributed by atoms with E-state index >= 15 is 0 Å². The summed E-state index contributed by atoms with van der Waals surface area (Å²) in [5.41, 5.74) is 7.00. The molecule has 0 unspecified atom stereocenters. The topological polar surface area (TPSA) is 78.6 Å². The number of carbonyl (C=O) groups is 1. The van der Waals surface area contributed by atoms with Gasteiger partial charge in [0.15, 0.2) is 0 Å². The van der Waals surface area contributed by atoms with E-state index in [0.717, 1.165) is 5.69 Å². The molecule has 19 heavy (non-hydrogen) atoms. The largest absolute Gasteiger partial charge is 0.399 e. The van der Waals surface area contributed by atoms with Gasteiger partial charge in [-0.3, -0.25) is 9.69 Å². The summed E-state index contributed by atoms with van der Waals surface area (Å²) in [7, 11) is 0. The van der Waals surface area contributed by atoms with Gasteiger partial charge >= 0.3 is 0 Å². The molecule has 0 radical (unpaired) electrons. The Morgan fingerprint density at radius 3 is 2.47 bits per heavy atom. The average molecular weight is 265 g/mol. The number of nitrogens with two attached hydrogens (primary N) is 1. The molecular formula is C14H23N3O2. The maximum absolute atomic E-state index is 11.8. The second kappa shape index (κ2) is 7.76. The number of hydrogen-bond donors (Lipinski definition) is 3. The number of rotatable bonds is 7. The van der Waals surface area contributed by atoms with E-state index in [0.29, 0.717) is 31.2 Å². The van der Waals surface area contributed by atoms with E-state index in [1.54, 1.807) is 24.3 Å². The number of carbonyl (C=O) groups excluding carboxylic acids is 1. The summed E-state index contributed by atoms with van der Waals surface area (Å²) in [6, 6.07) is 7.38. The first kappa shape index (κ1) is 15.5. The summed E-state index contributed by atoms with van der Waals surface area (Å²) >= 11 is 0. The molecule has 5 nitrogen and oxygen atoms in total. The number of aliphatic hydroxyl groups is 1. The Hall–Kier alpha value is -1.59. The number of nitrogens with zero attached hydrogens (tertiary/aromatic N) is 1. The average Bonchev–Trinajstić information content (AvgIpc) is 2.37. The molecule has 0 atom stereocenters. The molecule has 1 rings (SSSR count). The molecule has 1 aromatic rings. The minimum absolute atomic E-state index is 0.0339. The summed E-state index contributed by atoms with van der Waals surface area (Å²) in [5, 5.41) is 11.8. The zero-order chi connectivity index (χ0) is 14.3. The lowest BCUT2D eigenvalue weighted by Crippen LogP contribution is -2.35. The minimum atomic E-state index is -0.0339. The van der Waals surface area contributed by atoms with Gasteiger partial charge in [-0.25, -0.2) is 0 Å². The van der Waals surface area contributed by atoms with E-state index in [2.05, 4.69) is 10.2 Å². The molecule has 1 amide bonds. The lowest BCUT2D eigenvalue weighted by molar-refractivity contribution is -0.116. The third-order valence-corrected chi connectivity index (χ3v) is 2.94. The van der Waals surface area contributed by atoms with Crippen LogP contribution in [-0.4, -0.2) is 41.7 Å². The highest BCUT2D eigenvalue weighted by atomic mass is 16.3. The van der Waals surface area contributed by atoms with E-state index in [1.165, 1.54) is 0 Å². The van der Waals surface area contributed by atoms with E-state index in [-0.39, 0.29) is 12.5 Å². The van der Waals surface area contributed by atoms with E-state index in [1.807, 2.05) is 13.8 Å². The van der Waals surface area contributed by atoms with Gasteiger partial charge < -0.3 is 16.2 Å². The van der Waals surface area contributed by atoms with E-state index in [4.69, 9.17) is 10.8 Å². The zero-order valence-electron chi connectivity index (χ0n) is 11.6. The Labute approximate surface area is 114 Å². The van der Waals surface area contributed by atoms with Crippen molar-refractivity contribution in [3.63, 3.8) is 0 Å². The van der Waals surface area contributed by atoms with Crippen LogP contribution in [0.3, 0.4) is 0 Å². The molecule has 4 N–H and O–H groups in total. The highest BCUT2D eigenvalue weighted by Crippen LogP contribution is 2.11. The van der Waals surface area contributed by atoms with Crippen LogP contribution in [-0.2, 0) is 4.79 Å². The number of amides is 1. The van der Waals surface area contributed by atoms with Crippen LogP contribution in [0.5, 0.6) is 0 Å². The van der Waals surface area contributed by atoms with Crippen LogP contribution in [0.15, 0.2) is 24.3 Å². The van der Waals surface area contributed by atoms with Crippen LogP contribution >= 0.6 is 0 Å². The van der Waals surface area contributed by atoms with Gasteiger partial charge in [-0.05, 0) is 38.1 Å². The smallest absolute Gasteiger partial charge is 0.225 e. The molecular weight excluding hydrogens is 242 g/mol. The van der Waals surface area contributed by atoms with E-state index < -0.39 is 0 Å². The van der Waals surface area contributed by atoms with Crippen molar-refractivity contribution in [3.05, 3.63) is 24.3 Å². The molecule has 0 bridgehead atoms. The van der Waals surface area contributed by atoms with Crippen LogP contribution in [0.25, 0.3) is 0 Å². The molecule has 0 aliphatic rings. The predicted octanol–water partition coefficient (Wildman–Crippen LogP) is 1.30. The monoisotopic (exact) mass is 265 g/mol. The highest BCUT2D eigenvalue weighted by molar-refractivity contribution is 5.90. The van der Waals surface area contributed by atoms with Gasteiger partial charge in [0.25, 0.3) is 0 Å². The maximum atomic E-state index is 11.8. The zero-order valence-corrected chi connectivity index (χ0v) is 11.6. The van der Waals surface area contributed by atoms with Crippen molar-refractivity contribution in [2.75, 3.05) is 30.7 Å². The van der Waals surface area contributed by atoms with E-state index in [9.17, 15) is 4.79 Å². The van der Waals surface area contributed by atoms with Crippen molar-refractivity contribution in [3.8, 4) is 0 Å². The first-order chi connectivity index (χ1) is 9.02. The first-order valence-corrected chi connectivity index (χ1v) is 6.53. The maximum Gasteiger partial charge on any atom is 0.225 e. The van der Waals surface area contributed by atoms with Crippen molar-refractivity contribution in [2.45, 2.75) is 26.3 Å². The van der Waals surface area contributed by atoms with Gasteiger partial charge in [-0.15, -0.1) is 0 Å². The quantitative estimate of drug-likeness (QED) is 0.649. The summed E-state index contributed by atoms with van der Waals surface area (Å²) in [5.74, 6) is -0.0339. The van der Waals surface area contributed by atoms with Crippen molar-refractivity contribution >= 4 is 17.3 Å². The summed E-state index contributed by atoms with van der Waals surface area (Å²) < 4.78 is 0. The van der Waals surface area contributed by atoms with Crippen LogP contribution in [0.2, 0.25) is 0 Å². The SMILES string of the molecule is CC(C)N(CCO)CCC(=O)Nc1ccc(N)cc1. The fourth-order valence-corrected chi connectivity index (χ4v) is 1.79. The molecule has 106 valence electrons. The Morgan fingerprint density at radius 2 is 1.95 bits per heavy atom. The molecule has 0 aliphatic carbocycles. The number of aliphatic hydroxyl groups excluding tert-OH is 1. The Kier molecular flexibility index (Phi) is 6.32. The summed E-state index contributed by atoms with van der Waals surface area (Å²) in [4.78, 5) is 13.9. The molecule has 0 fully saturated rings. The van der Waals surface area contributed by atoms with Crippen LogP contribution in [0, 0.1) is 0 Å². The standard InChI is InChI=1S/C14H23N3O2/c1-11(2)17(9-10-18)8-7-14(19)16-13-5-3-12(15)4-6-13/h3-6,11,18H,7-10,15H2,1-2H3,(H,16,19). The van der Waals surface area contributed by atoms with Gasteiger partial charge in [-0.1, -0.05) is 0 Å². The van der Waals surface area contributed by atoms with Gasteiger partial charge in [0.05, 0.1) is 6.61 Å². The number of benzene rings is 1. The van der Waals surface area contributed by atoms with Crippen molar-refractivity contribution in [1.29, 1.82) is 0 Å². The predicted molar refractivity (Wildman–Crippen MR) is 77.9 cm³/mol.